The normalized spacial score (nSPS) is 32.4. The molecule has 0 radical (unpaired) electrons. The Morgan fingerprint density at radius 3 is 1.80 bits per heavy atom. The number of aliphatic hydroxyl groups excluding tert-OH is 8. The Hall–Kier alpha value is -3.55. The molecule has 9 N–H and O–H groups in total. The topological polar surface area (TPSA) is 258 Å². The van der Waals surface area contributed by atoms with Crippen LogP contribution in [0.5, 0.6) is 23.0 Å². The maximum atomic E-state index is 13.7. The van der Waals surface area contributed by atoms with Crippen molar-refractivity contribution in [2.24, 2.45) is 0 Å². The van der Waals surface area contributed by atoms with Gasteiger partial charge in [0.25, 0.3) is 0 Å². The molecule has 2 fully saturated rings. The van der Waals surface area contributed by atoms with Crippen molar-refractivity contribution >= 4 is 11.0 Å². The Morgan fingerprint density at radius 1 is 0.727 bits per heavy atom. The third kappa shape index (κ3) is 5.80. The first-order valence-corrected chi connectivity index (χ1v) is 13.4. The van der Waals surface area contributed by atoms with Gasteiger partial charge in [0, 0.05) is 17.7 Å². The average Bonchev–Trinajstić information content (AvgIpc) is 3.02. The second-order valence-electron chi connectivity index (χ2n) is 10.3. The minimum atomic E-state index is -1.87. The zero-order chi connectivity index (χ0) is 31.9. The number of ether oxygens (including phenoxy) is 5. The van der Waals surface area contributed by atoms with Crippen molar-refractivity contribution in [3.8, 4) is 34.3 Å². The van der Waals surface area contributed by atoms with E-state index in [1.54, 1.807) is 0 Å². The predicted octanol–water partition coefficient (Wildman–Crippen LogP) is -2.47. The first-order valence-electron chi connectivity index (χ1n) is 13.4. The van der Waals surface area contributed by atoms with E-state index in [2.05, 4.69) is 0 Å². The Kier molecular flexibility index (Phi) is 9.28. The fourth-order valence-corrected chi connectivity index (χ4v) is 4.94. The largest absolute Gasteiger partial charge is 0.507 e. The number of methoxy groups -OCH3 is 1. The number of aliphatic hydroxyl groups is 8. The minimum Gasteiger partial charge on any atom is -0.507 e. The average molecular weight is 625 g/mol. The summed E-state index contributed by atoms with van der Waals surface area (Å²) in [6.07, 6.45) is -16.0. The number of rotatable bonds is 8. The number of phenolic OH excluding ortho intramolecular Hbond substituents is 1. The number of benzene rings is 2. The van der Waals surface area contributed by atoms with Crippen LogP contribution in [-0.2, 0) is 9.47 Å². The maximum absolute atomic E-state index is 13.7. The van der Waals surface area contributed by atoms with E-state index in [0.717, 1.165) is 0 Å². The third-order valence-electron chi connectivity index (χ3n) is 7.44. The second-order valence-corrected chi connectivity index (χ2v) is 10.3. The summed E-state index contributed by atoms with van der Waals surface area (Å²) in [6.45, 7) is -1.40. The van der Waals surface area contributed by atoms with Crippen LogP contribution in [0.2, 0.25) is 0 Å². The van der Waals surface area contributed by atoms with E-state index >= 15 is 0 Å². The van der Waals surface area contributed by atoms with E-state index < -0.39 is 91.6 Å². The summed E-state index contributed by atoms with van der Waals surface area (Å²) in [6, 6.07) is 8.08. The smallest absolute Gasteiger partial charge is 0.239 e. The van der Waals surface area contributed by atoms with Crippen molar-refractivity contribution in [3.05, 3.63) is 46.6 Å². The maximum Gasteiger partial charge on any atom is 0.239 e. The van der Waals surface area contributed by atoms with Gasteiger partial charge in [-0.15, -0.1) is 0 Å². The monoisotopic (exact) mass is 624 g/mol. The van der Waals surface area contributed by atoms with Gasteiger partial charge in [-0.05, 0) is 24.3 Å². The van der Waals surface area contributed by atoms with Crippen molar-refractivity contribution in [1.29, 1.82) is 0 Å². The first kappa shape index (κ1) is 31.9. The third-order valence-corrected chi connectivity index (χ3v) is 7.44. The summed E-state index contributed by atoms with van der Waals surface area (Å²) >= 11 is 0. The lowest BCUT2D eigenvalue weighted by atomic mass is 9.99. The van der Waals surface area contributed by atoms with Crippen LogP contribution in [0.1, 0.15) is 0 Å². The van der Waals surface area contributed by atoms with Crippen molar-refractivity contribution in [2.45, 2.75) is 61.4 Å². The molecule has 0 amide bonds. The number of aromatic hydroxyl groups is 1. The van der Waals surface area contributed by atoms with Crippen LogP contribution in [0.4, 0.5) is 0 Å². The quantitative estimate of drug-likeness (QED) is 0.126. The van der Waals surface area contributed by atoms with E-state index in [4.69, 9.17) is 28.1 Å². The Bertz CT molecular complexity index is 1500. The first-order chi connectivity index (χ1) is 21.0. The highest BCUT2D eigenvalue weighted by Gasteiger charge is 2.46. The van der Waals surface area contributed by atoms with Gasteiger partial charge < -0.3 is 74.1 Å². The molecule has 2 aliphatic rings. The van der Waals surface area contributed by atoms with Crippen LogP contribution < -0.4 is 19.6 Å². The zero-order valence-electron chi connectivity index (χ0n) is 23.0. The lowest BCUT2D eigenvalue weighted by Crippen LogP contribution is -2.60. The molecule has 2 saturated heterocycles. The summed E-state index contributed by atoms with van der Waals surface area (Å²) in [5.41, 5.74) is -0.822. The molecule has 0 bridgehead atoms. The van der Waals surface area contributed by atoms with Gasteiger partial charge in [-0.2, -0.15) is 0 Å². The molecular formula is C28H32O16. The molecular weight excluding hydrogens is 592 g/mol. The Labute approximate surface area is 248 Å². The number of hydrogen-bond donors (Lipinski definition) is 9. The van der Waals surface area contributed by atoms with Crippen LogP contribution >= 0.6 is 0 Å². The highest BCUT2D eigenvalue weighted by atomic mass is 16.7. The molecule has 2 unspecified atom stereocenters. The number of hydrogen-bond acceptors (Lipinski definition) is 16. The molecule has 16 heteroatoms. The predicted molar refractivity (Wildman–Crippen MR) is 145 cm³/mol. The van der Waals surface area contributed by atoms with Crippen molar-refractivity contribution < 1.29 is 74.1 Å². The SMILES string of the molecule is COc1cc(O)c2c(=O)c(OC3O[C@H](CO)[C@@H](O)[C@H](O)[C@H]3O)c(-c3ccc(OC4O[C@H](CO)[C@@H](O)[C@H](O)[C@H]4O)cc3)oc2c1. The summed E-state index contributed by atoms with van der Waals surface area (Å²) in [5.74, 6) is -1.05. The second kappa shape index (κ2) is 12.8. The van der Waals surface area contributed by atoms with Gasteiger partial charge in [0.1, 0.15) is 77.0 Å². The number of fused-ring (bicyclic) bond motifs is 1. The fourth-order valence-electron chi connectivity index (χ4n) is 4.94. The highest BCUT2D eigenvalue weighted by molar-refractivity contribution is 5.88. The summed E-state index contributed by atoms with van der Waals surface area (Å²) in [4.78, 5) is 13.7. The van der Waals surface area contributed by atoms with E-state index in [-0.39, 0.29) is 33.8 Å². The van der Waals surface area contributed by atoms with Crippen molar-refractivity contribution in [1.82, 2.24) is 0 Å². The zero-order valence-corrected chi connectivity index (χ0v) is 23.0. The Balaban J connectivity index is 1.53. The lowest BCUT2D eigenvalue weighted by molar-refractivity contribution is -0.277. The molecule has 240 valence electrons. The van der Waals surface area contributed by atoms with Gasteiger partial charge in [0.15, 0.2) is 5.76 Å². The van der Waals surface area contributed by atoms with Crippen LogP contribution in [-0.4, -0.2) is 128 Å². The molecule has 16 nitrogen and oxygen atoms in total. The molecule has 44 heavy (non-hydrogen) atoms. The molecule has 3 heterocycles. The molecule has 2 aromatic carbocycles. The molecule has 10 atom stereocenters. The molecule has 5 rings (SSSR count). The van der Waals surface area contributed by atoms with Crippen LogP contribution in [0.25, 0.3) is 22.3 Å². The molecule has 2 aliphatic heterocycles. The molecule has 0 spiro atoms. The van der Waals surface area contributed by atoms with Crippen LogP contribution in [0.15, 0.2) is 45.6 Å². The van der Waals surface area contributed by atoms with E-state index in [9.17, 15) is 50.8 Å². The van der Waals surface area contributed by atoms with Gasteiger partial charge in [0.05, 0.1) is 20.3 Å². The van der Waals surface area contributed by atoms with E-state index in [0.29, 0.717) is 0 Å². The van der Waals surface area contributed by atoms with Crippen molar-refractivity contribution in [3.63, 3.8) is 0 Å². The summed E-state index contributed by atoms with van der Waals surface area (Å²) < 4.78 is 33.2. The highest BCUT2D eigenvalue weighted by Crippen LogP contribution is 2.38. The minimum absolute atomic E-state index is 0.0944. The molecule has 1 aromatic heterocycles. The van der Waals surface area contributed by atoms with Crippen LogP contribution in [0.3, 0.4) is 0 Å². The molecule has 0 saturated carbocycles. The summed E-state index contributed by atoms with van der Waals surface area (Å²) in [5, 5.41) is 90.4. The Morgan fingerprint density at radius 2 is 1.27 bits per heavy atom. The number of phenols is 1. The lowest BCUT2D eigenvalue weighted by Gasteiger charge is -2.39. The van der Waals surface area contributed by atoms with Crippen LogP contribution in [0, 0.1) is 0 Å². The van der Waals surface area contributed by atoms with E-state index in [1.807, 2.05) is 0 Å². The fraction of sp³-hybridized carbons (Fsp3) is 0.464. The van der Waals surface area contributed by atoms with Gasteiger partial charge in [-0.3, -0.25) is 4.79 Å². The molecule has 0 aliphatic carbocycles. The summed E-state index contributed by atoms with van der Waals surface area (Å²) in [7, 11) is 1.34. The van der Waals surface area contributed by atoms with Gasteiger partial charge in [0.2, 0.25) is 23.8 Å². The van der Waals surface area contributed by atoms with Crippen molar-refractivity contribution in [2.75, 3.05) is 20.3 Å². The van der Waals surface area contributed by atoms with Gasteiger partial charge in [-0.1, -0.05) is 0 Å². The molecule has 3 aromatic rings. The van der Waals surface area contributed by atoms with E-state index in [1.165, 1.54) is 43.5 Å². The standard InChI is InChI=1S/C28H32O16/c1-39-12-6-13(31)17-14(7-12)41-25(26(20(17)34)44-28-24(38)22(36)19(33)16(9-30)43-28)10-2-4-11(5-3-10)40-27-23(37)21(35)18(32)15(8-29)42-27/h2-7,15-16,18-19,21-24,27-33,35-38H,8-9H2,1H3/t15-,16-,18-,19-,21+,22+,23-,24-,27?,28?/m1/s1. The van der Waals surface area contributed by atoms with Gasteiger partial charge >= 0.3 is 0 Å². The van der Waals surface area contributed by atoms with Gasteiger partial charge in [-0.25, -0.2) is 0 Å².